The van der Waals surface area contributed by atoms with Crippen molar-refractivity contribution in [1.29, 1.82) is 0 Å². The Hall–Kier alpha value is -2.04. The predicted octanol–water partition coefficient (Wildman–Crippen LogP) is 3.68. The van der Waals surface area contributed by atoms with Gasteiger partial charge >= 0.3 is 0 Å². The number of nitrogens with zero attached hydrogens (tertiary/aromatic N) is 1. The van der Waals surface area contributed by atoms with Crippen LogP contribution in [0.15, 0.2) is 48.5 Å². The van der Waals surface area contributed by atoms with Crippen LogP contribution in [-0.4, -0.2) is 37.5 Å². The van der Waals surface area contributed by atoms with E-state index in [4.69, 9.17) is 4.74 Å². The molecule has 1 fully saturated rings. The fourth-order valence-corrected chi connectivity index (χ4v) is 3.34. The van der Waals surface area contributed by atoms with E-state index in [0.29, 0.717) is 23.8 Å². The highest BCUT2D eigenvalue weighted by molar-refractivity contribution is 5.97. The first kappa shape index (κ1) is 20.3. The van der Waals surface area contributed by atoms with Gasteiger partial charge in [0.15, 0.2) is 0 Å². The van der Waals surface area contributed by atoms with Crippen LogP contribution in [0.25, 0.3) is 0 Å². The normalized spacial score (nSPS) is 16.2. The summed E-state index contributed by atoms with van der Waals surface area (Å²) in [7, 11) is 1.96. The maximum Gasteiger partial charge on any atom is 0.257 e. The number of para-hydroxylation sites is 1. The molecule has 140 valence electrons. The molecule has 1 amide bonds. The molecule has 1 aliphatic heterocycles. The van der Waals surface area contributed by atoms with E-state index in [1.54, 1.807) is 0 Å². The number of benzene rings is 2. The largest absolute Gasteiger partial charge is 0.488 e. The SMILES string of the molecule is CNCC1CCN(C(=O)c2ccccc2OCc2ccccc2C)C1.Cl. The van der Waals surface area contributed by atoms with Gasteiger partial charge in [0.05, 0.1) is 5.56 Å². The van der Waals surface area contributed by atoms with Gasteiger partial charge in [-0.2, -0.15) is 0 Å². The molecule has 2 aromatic carbocycles. The van der Waals surface area contributed by atoms with E-state index in [1.165, 1.54) is 5.56 Å². The van der Waals surface area contributed by atoms with E-state index in [0.717, 1.165) is 31.6 Å². The lowest BCUT2D eigenvalue weighted by Gasteiger charge is -2.19. The number of halogens is 1. The van der Waals surface area contributed by atoms with Gasteiger partial charge in [0, 0.05) is 13.1 Å². The minimum atomic E-state index is 0. The molecule has 1 unspecified atom stereocenters. The number of likely N-dealkylation sites (tertiary alicyclic amines) is 1. The number of amides is 1. The fraction of sp³-hybridized carbons (Fsp3) is 0.381. The lowest BCUT2D eigenvalue weighted by Crippen LogP contribution is -2.30. The number of carbonyl (C=O) groups excluding carboxylic acids is 1. The van der Waals surface area contributed by atoms with Gasteiger partial charge in [-0.3, -0.25) is 4.79 Å². The molecule has 0 radical (unpaired) electrons. The minimum absolute atomic E-state index is 0. The van der Waals surface area contributed by atoms with E-state index in [1.807, 2.05) is 48.3 Å². The monoisotopic (exact) mass is 374 g/mol. The summed E-state index contributed by atoms with van der Waals surface area (Å²) in [5.74, 6) is 1.26. The van der Waals surface area contributed by atoms with Crippen molar-refractivity contribution in [2.24, 2.45) is 5.92 Å². The van der Waals surface area contributed by atoms with Crippen molar-refractivity contribution in [1.82, 2.24) is 10.2 Å². The number of aryl methyl sites for hydroxylation is 1. The summed E-state index contributed by atoms with van der Waals surface area (Å²) in [6, 6.07) is 15.7. The van der Waals surface area contributed by atoms with Crippen molar-refractivity contribution in [2.75, 3.05) is 26.7 Å². The second kappa shape index (κ2) is 9.60. The molecule has 1 N–H and O–H groups in total. The predicted molar refractivity (Wildman–Crippen MR) is 107 cm³/mol. The van der Waals surface area contributed by atoms with Gasteiger partial charge in [-0.05, 0) is 56.1 Å². The van der Waals surface area contributed by atoms with E-state index >= 15 is 0 Å². The Morgan fingerprint density at radius 2 is 1.92 bits per heavy atom. The third-order valence-corrected chi connectivity index (χ3v) is 4.83. The first-order valence-corrected chi connectivity index (χ1v) is 8.89. The maximum atomic E-state index is 12.9. The van der Waals surface area contributed by atoms with E-state index < -0.39 is 0 Å². The summed E-state index contributed by atoms with van der Waals surface area (Å²) in [4.78, 5) is 14.9. The summed E-state index contributed by atoms with van der Waals surface area (Å²) in [6.07, 6.45) is 1.05. The summed E-state index contributed by atoms with van der Waals surface area (Å²) in [5, 5.41) is 3.20. The molecule has 3 rings (SSSR count). The average Bonchev–Trinajstić information content (AvgIpc) is 3.10. The van der Waals surface area contributed by atoms with Crippen LogP contribution in [0.4, 0.5) is 0 Å². The highest BCUT2D eigenvalue weighted by Crippen LogP contribution is 2.25. The molecular formula is C21H27ClN2O2. The first-order valence-electron chi connectivity index (χ1n) is 8.89. The second-order valence-corrected chi connectivity index (χ2v) is 6.67. The molecular weight excluding hydrogens is 348 g/mol. The minimum Gasteiger partial charge on any atom is -0.488 e. The fourth-order valence-electron chi connectivity index (χ4n) is 3.34. The van der Waals surface area contributed by atoms with Gasteiger partial charge in [-0.1, -0.05) is 36.4 Å². The molecule has 5 heteroatoms. The van der Waals surface area contributed by atoms with Gasteiger partial charge in [-0.15, -0.1) is 12.4 Å². The van der Waals surface area contributed by atoms with Crippen molar-refractivity contribution in [3.8, 4) is 5.75 Å². The number of nitrogens with one attached hydrogen (secondary N) is 1. The third-order valence-electron chi connectivity index (χ3n) is 4.83. The summed E-state index contributed by atoms with van der Waals surface area (Å²) < 4.78 is 6.00. The van der Waals surface area contributed by atoms with Crippen LogP contribution in [0, 0.1) is 12.8 Å². The van der Waals surface area contributed by atoms with Crippen LogP contribution in [-0.2, 0) is 6.61 Å². The van der Waals surface area contributed by atoms with Crippen LogP contribution < -0.4 is 10.1 Å². The molecule has 1 atom stereocenters. The van der Waals surface area contributed by atoms with Gasteiger partial charge in [-0.25, -0.2) is 0 Å². The van der Waals surface area contributed by atoms with E-state index in [9.17, 15) is 4.79 Å². The van der Waals surface area contributed by atoms with Crippen LogP contribution in [0.1, 0.15) is 27.9 Å². The van der Waals surface area contributed by atoms with Crippen molar-refractivity contribution in [2.45, 2.75) is 20.0 Å². The Morgan fingerprint density at radius 3 is 2.69 bits per heavy atom. The molecule has 0 aliphatic carbocycles. The summed E-state index contributed by atoms with van der Waals surface area (Å²) in [5.41, 5.74) is 2.99. The Morgan fingerprint density at radius 1 is 1.19 bits per heavy atom. The average molecular weight is 375 g/mol. The molecule has 1 heterocycles. The van der Waals surface area contributed by atoms with Gasteiger partial charge in [0.25, 0.3) is 5.91 Å². The number of hydrogen-bond donors (Lipinski definition) is 1. The summed E-state index contributed by atoms with van der Waals surface area (Å²) >= 11 is 0. The zero-order valence-electron chi connectivity index (χ0n) is 15.4. The number of carbonyl (C=O) groups is 1. The van der Waals surface area contributed by atoms with Crippen molar-refractivity contribution >= 4 is 18.3 Å². The smallest absolute Gasteiger partial charge is 0.257 e. The van der Waals surface area contributed by atoms with E-state index in [-0.39, 0.29) is 18.3 Å². The zero-order valence-corrected chi connectivity index (χ0v) is 16.2. The van der Waals surface area contributed by atoms with Gasteiger partial charge in [0.1, 0.15) is 12.4 Å². The molecule has 4 nitrogen and oxygen atoms in total. The molecule has 1 aliphatic rings. The van der Waals surface area contributed by atoms with Crippen LogP contribution in [0.5, 0.6) is 5.75 Å². The van der Waals surface area contributed by atoms with E-state index in [2.05, 4.69) is 24.4 Å². The Bertz CT molecular complexity index is 735. The van der Waals surface area contributed by atoms with Crippen molar-refractivity contribution in [3.63, 3.8) is 0 Å². The zero-order chi connectivity index (χ0) is 17.6. The Kier molecular flexibility index (Phi) is 7.49. The highest BCUT2D eigenvalue weighted by atomic mass is 35.5. The standard InChI is InChI=1S/C21H26N2O2.ClH/c1-16-7-3-4-8-18(16)15-25-20-10-6-5-9-19(20)21(24)23-12-11-17(14-23)13-22-2;/h3-10,17,22H,11-15H2,1-2H3;1H. The maximum absolute atomic E-state index is 12.9. The quantitative estimate of drug-likeness (QED) is 0.838. The van der Waals surface area contributed by atoms with Gasteiger partial charge < -0.3 is 15.0 Å². The third kappa shape index (κ3) is 4.77. The van der Waals surface area contributed by atoms with Crippen LogP contribution >= 0.6 is 12.4 Å². The highest BCUT2D eigenvalue weighted by Gasteiger charge is 2.27. The number of ether oxygens (including phenoxy) is 1. The molecule has 2 aromatic rings. The van der Waals surface area contributed by atoms with Crippen LogP contribution in [0.2, 0.25) is 0 Å². The summed E-state index contributed by atoms with van der Waals surface area (Å²) in [6.45, 7) is 5.12. The van der Waals surface area contributed by atoms with Crippen molar-refractivity contribution < 1.29 is 9.53 Å². The molecule has 1 saturated heterocycles. The number of hydrogen-bond acceptors (Lipinski definition) is 3. The van der Waals surface area contributed by atoms with Gasteiger partial charge in [0.2, 0.25) is 0 Å². The molecule has 0 spiro atoms. The molecule has 26 heavy (non-hydrogen) atoms. The molecule has 0 saturated carbocycles. The lowest BCUT2D eigenvalue weighted by molar-refractivity contribution is 0.0782. The topological polar surface area (TPSA) is 41.6 Å². The van der Waals surface area contributed by atoms with Crippen LogP contribution in [0.3, 0.4) is 0 Å². The second-order valence-electron chi connectivity index (χ2n) is 6.67. The molecule has 0 bridgehead atoms. The molecule has 0 aromatic heterocycles. The van der Waals surface area contributed by atoms with Crippen molar-refractivity contribution in [3.05, 3.63) is 65.2 Å². The lowest BCUT2D eigenvalue weighted by atomic mass is 10.1. The first-order chi connectivity index (χ1) is 12.2. The Balaban J connectivity index is 0.00000243. The number of rotatable bonds is 6. The Labute approximate surface area is 162 Å².